The molecule has 136 valence electrons. The van der Waals surface area contributed by atoms with E-state index in [0.717, 1.165) is 37.7 Å². The SMILES string of the molecule is Clc1cc(Br)ccc1Oc1cccc2c1c1ccccc1n2-c1ccccc1. The summed E-state index contributed by atoms with van der Waals surface area (Å²) in [5.41, 5.74) is 3.35. The minimum absolute atomic E-state index is 0.568. The molecule has 0 unspecified atom stereocenters. The van der Waals surface area contributed by atoms with Crippen LogP contribution in [-0.4, -0.2) is 4.57 Å². The molecule has 0 radical (unpaired) electrons. The van der Waals surface area contributed by atoms with E-state index in [-0.39, 0.29) is 0 Å². The van der Waals surface area contributed by atoms with Gasteiger partial charge in [0.05, 0.1) is 21.4 Å². The molecule has 1 heterocycles. The molecule has 0 aliphatic rings. The fourth-order valence-electron chi connectivity index (χ4n) is 3.60. The van der Waals surface area contributed by atoms with Crippen molar-refractivity contribution in [2.24, 2.45) is 0 Å². The molecule has 28 heavy (non-hydrogen) atoms. The van der Waals surface area contributed by atoms with Crippen LogP contribution in [0.4, 0.5) is 0 Å². The fourth-order valence-corrected chi connectivity index (χ4v) is 4.32. The van der Waals surface area contributed by atoms with Crippen molar-refractivity contribution in [3.8, 4) is 17.2 Å². The third-order valence-corrected chi connectivity index (χ3v) is 5.58. The third-order valence-electron chi connectivity index (χ3n) is 4.79. The van der Waals surface area contributed by atoms with Crippen molar-refractivity contribution in [3.05, 3.63) is 100 Å². The van der Waals surface area contributed by atoms with Gasteiger partial charge in [0.2, 0.25) is 0 Å². The Kier molecular flexibility index (Phi) is 4.34. The lowest BCUT2D eigenvalue weighted by Gasteiger charge is -2.10. The highest BCUT2D eigenvalue weighted by Gasteiger charge is 2.16. The molecule has 2 nitrogen and oxygen atoms in total. The molecule has 0 amide bonds. The van der Waals surface area contributed by atoms with E-state index >= 15 is 0 Å². The fraction of sp³-hybridized carbons (Fsp3) is 0. The van der Waals surface area contributed by atoms with Crippen LogP contribution in [0.2, 0.25) is 5.02 Å². The highest BCUT2D eigenvalue weighted by molar-refractivity contribution is 9.10. The standard InChI is InChI=1S/C24H15BrClNO/c25-16-13-14-22(19(26)15-16)28-23-12-6-11-21-24(23)18-9-4-5-10-20(18)27(21)17-7-2-1-3-8-17/h1-15H. The molecule has 4 aromatic carbocycles. The number of benzene rings is 4. The zero-order valence-corrected chi connectivity index (χ0v) is 17.1. The molecule has 0 atom stereocenters. The Balaban J connectivity index is 1.79. The second kappa shape index (κ2) is 7.01. The summed E-state index contributed by atoms with van der Waals surface area (Å²) in [4.78, 5) is 0. The summed E-state index contributed by atoms with van der Waals surface area (Å²) >= 11 is 9.83. The van der Waals surface area contributed by atoms with Crippen LogP contribution in [0.1, 0.15) is 0 Å². The lowest BCUT2D eigenvalue weighted by molar-refractivity contribution is 0.489. The molecule has 4 heteroatoms. The number of rotatable bonds is 3. The number of aromatic nitrogens is 1. The number of fused-ring (bicyclic) bond motifs is 3. The molecule has 0 bridgehead atoms. The van der Waals surface area contributed by atoms with Crippen molar-refractivity contribution >= 4 is 49.3 Å². The zero-order chi connectivity index (χ0) is 19.1. The second-order valence-electron chi connectivity index (χ2n) is 6.52. The van der Waals surface area contributed by atoms with Gasteiger partial charge in [-0.25, -0.2) is 0 Å². The average Bonchev–Trinajstić information content (AvgIpc) is 3.06. The summed E-state index contributed by atoms with van der Waals surface area (Å²) in [5, 5.41) is 2.78. The highest BCUT2D eigenvalue weighted by Crippen LogP contribution is 2.40. The van der Waals surface area contributed by atoms with Gasteiger partial charge < -0.3 is 9.30 Å². The van der Waals surface area contributed by atoms with Crippen LogP contribution in [0.5, 0.6) is 11.5 Å². The first-order chi connectivity index (χ1) is 13.7. The quantitative estimate of drug-likeness (QED) is 0.273. The molecule has 0 aliphatic carbocycles. The van der Waals surface area contributed by atoms with E-state index < -0.39 is 0 Å². The number of para-hydroxylation sites is 2. The lowest BCUT2D eigenvalue weighted by Crippen LogP contribution is -1.93. The van der Waals surface area contributed by atoms with Crippen molar-refractivity contribution in [2.45, 2.75) is 0 Å². The second-order valence-corrected chi connectivity index (χ2v) is 7.84. The van der Waals surface area contributed by atoms with Crippen molar-refractivity contribution in [1.29, 1.82) is 0 Å². The van der Waals surface area contributed by atoms with Gasteiger partial charge in [-0.1, -0.05) is 70.0 Å². The van der Waals surface area contributed by atoms with Crippen LogP contribution < -0.4 is 4.74 Å². The van der Waals surface area contributed by atoms with Gasteiger partial charge in [0.15, 0.2) is 0 Å². The van der Waals surface area contributed by atoms with Gasteiger partial charge >= 0.3 is 0 Å². The first-order valence-electron chi connectivity index (χ1n) is 8.93. The van der Waals surface area contributed by atoms with E-state index in [1.54, 1.807) is 0 Å². The normalized spacial score (nSPS) is 11.2. The predicted octanol–water partition coefficient (Wildman–Crippen LogP) is 7.99. The monoisotopic (exact) mass is 447 g/mol. The number of halogens is 2. The topological polar surface area (TPSA) is 14.2 Å². The molecule has 0 spiro atoms. The van der Waals surface area contributed by atoms with Crippen LogP contribution in [0.25, 0.3) is 27.5 Å². The van der Waals surface area contributed by atoms with Crippen molar-refractivity contribution < 1.29 is 4.74 Å². The Morgan fingerprint density at radius 3 is 2.29 bits per heavy atom. The van der Waals surface area contributed by atoms with Gasteiger partial charge in [-0.15, -0.1) is 0 Å². The Hall–Kier alpha value is -2.75. The lowest BCUT2D eigenvalue weighted by atomic mass is 10.1. The Morgan fingerprint density at radius 1 is 0.714 bits per heavy atom. The number of hydrogen-bond donors (Lipinski definition) is 0. The summed E-state index contributed by atoms with van der Waals surface area (Å²) in [5.74, 6) is 1.42. The van der Waals surface area contributed by atoms with Crippen molar-refractivity contribution in [2.75, 3.05) is 0 Å². The zero-order valence-electron chi connectivity index (χ0n) is 14.8. The van der Waals surface area contributed by atoms with Crippen LogP contribution in [0, 0.1) is 0 Å². The van der Waals surface area contributed by atoms with Crippen molar-refractivity contribution in [3.63, 3.8) is 0 Å². The summed E-state index contributed by atoms with van der Waals surface area (Å²) in [6.07, 6.45) is 0. The molecule has 0 N–H and O–H groups in total. The van der Waals surface area contributed by atoms with Gasteiger partial charge in [0, 0.05) is 15.5 Å². The highest BCUT2D eigenvalue weighted by atomic mass is 79.9. The molecule has 0 saturated heterocycles. The van der Waals surface area contributed by atoms with Crippen LogP contribution >= 0.6 is 27.5 Å². The van der Waals surface area contributed by atoms with Gasteiger partial charge in [-0.3, -0.25) is 0 Å². The van der Waals surface area contributed by atoms with E-state index in [9.17, 15) is 0 Å². The smallest absolute Gasteiger partial charge is 0.146 e. The number of nitrogens with zero attached hydrogens (tertiary/aromatic N) is 1. The van der Waals surface area contributed by atoms with Crippen molar-refractivity contribution in [1.82, 2.24) is 4.57 Å². The van der Waals surface area contributed by atoms with Gasteiger partial charge in [0.1, 0.15) is 11.5 Å². The number of ether oxygens (including phenoxy) is 1. The van der Waals surface area contributed by atoms with E-state index in [1.807, 2.05) is 36.4 Å². The minimum Gasteiger partial charge on any atom is -0.455 e. The van der Waals surface area contributed by atoms with E-state index in [2.05, 4.69) is 75.1 Å². The molecular formula is C24H15BrClNO. The Morgan fingerprint density at radius 2 is 1.46 bits per heavy atom. The summed E-state index contributed by atoms with van der Waals surface area (Å²) in [6, 6.07) is 30.5. The van der Waals surface area contributed by atoms with Crippen LogP contribution in [0.3, 0.4) is 0 Å². The summed E-state index contributed by atoms with van der Waals surface area (Å²) in [7, 11) is 0. The molecule has 5 rings (SSSR count). The number of hydrogen-bond acceptors (Lipinski definition) is 1. The molecule has 0 aliphatic heterocycles. The first-order valence-corrected chi connectivity index (χ1v) is 10.1. The maximum absolute atomic E-state index is 6.39. The molecule has 5 aromatic rings. The Labute approximate surface area is 176 Å². The van der Waals surface area contributed by atoms with Crippen LogP contribution in [0.15, 0.2) is 95.5 Å². The van der Waals surface area contributed by atoms with E-state index in [4.69, 9.17) is 16.3 Å². The molecular weight excluding hydrogens is 434 g/mol. The van der Waals surface area contributed by atoms with E-state index in [1.165, 1.54) is 0 Å². The summed E-state index contributed by atoms with van der Waals surface area (Å²) < 4.78 is 9.45. The first kappa shape index (κ1) is 17.4. The van der Waals surface area contributed by atoms with E-state index in [0.29, 0.717) is 10.8 Å². The average molecular weight is 449 g/mol. The minimum atomic E-state index is 0.568. The predicted molar refractivity (Wildman–Crippen MR) is 120 cm³/mol. The van der Waals surface area contributed by atoms with Gasteiger partial charge in [0.25, 0.3) is 0 Å². The van der Waals surface area contributed by atoms with Gasteiger partial charge in [-0.2, -0.15) is 0 Å². The molecule has 0 fully saturated rings. The largest absolute Gasteiger partial charge is 0.455 e. The maximum Gasteiger partial charge on any atom is 0.146 e. The van der Waals surface area contributed by atoms with Crippen LogP contribution in [-0.2, 0) is 0 Å². The van der Waals surface area contributed by atoms with Gasteiger partial charge in [-0.05, 0) is 48.5 Å². The maximum atomic E-state index is 6.39. The summed E-state index contributed by atoms with van der Waals surface area (Å²) in [6.45, 7) is 0. The third kappa shape index (κ3) is 2.88. The Bertz CT molecular complexity index is 1310. The molecule has 0 saturated carbocycles. The molecule has 1 aromatic heterocycles.